The summed E-state index contributed by atoms with van der Waals surface area (Å²) in [5.41, 5.74) is 13.0. The Kier molecular flexibility index (Phi) is 41.8. The Morgan fingerprint density at radius 1 is 0.444 bits per heavy atom. The molecule has 2 saturated heterocycles. The third kappa shape index (κ3) is 33.1. The number of ether oxygens (including phenoxy) is 4. The molecule has 0 bridgehead atoms. The summed E-state index contributed by atoms with van der Waals surface area (Å²) >= 11 is 1.76. The first-order valence-corrected chi connectivity index (χ1v) is 56.1. The van der Waals surface area contributed by atoms with Gasteiger partial charge in [-0.2, -0.15) is 0 Å². The van der Waals surface area contributed by atoms with E-state index in [1.54, 1.807) is 66.7 Å². The molecule has 4 saturated carbocycles. The minimum Gasteiger partial charge on any atom is -0.380 e. The fraction of sp³-hybridized carbons (Fsp3) is 0.699. The second-order valence-corrected chi connectivity index (χ2v) is 50.5. The van der Waals surface area contributed by atoms with E-state index in [-0.39, 0.29) is 26.6 Å². The molecular formula is C103H162N4O12S5. The summed E-state index contributed by atoms with van der Waals surface area (Å²) in [5, 5.41) is 0.0947. The zero-order valence-electron chi connectivity index (χ0n) is 79.0. The average Bonchev–Trinajstić information content (AvgIpc) is 1.58. The molecule has 6 aliphatic rings. The van der Waals surface area contributed by atoms with Gasteiger partial charge in [0, 0.05) is 75.1 Å². The second-order valence-electron chi connectivity index (χ2n) is 39.0. The summed E-state index contributed by atoms with van der Waals surface area (Å²) < 4.78 is 122. The number of aryl methyl sites for hydroxylation is 5. The molecule has 0 radical (unpaired) electrons. The molecule has 0 N–H and O–H groups in total. The number of hydrogen-bond acceptors (Lipinski definition) is 17. The third-order valence-electron chi connectivity index (χ3n) is 28.4. The van der Waals surface area contributed by atoms with Crippen LogP contribution in [0, 0.1) is 60.2 Å². The van der Waals surface area contributed by atoms with E-state index in [0.29, 0.717) is 58.7 Å². The van der Waals surface area contributed by atoms with Gasteiger partial charge >= 0.3 is 0 Å². The first-order valence-electron chi connectivity index (χ1n) is 48.4. The highest BCUT2D eigenvalue weighted by Crippen LogP contribution is 2.40. The molecule has 2 aliphatic heterocycles. The van der Waals surface area contributed by atoms with Gasteiger partial charge in [0.25, 0.3) is 0 Å². The van der Waals surface area contributed by atoms with Gasteiger partial charge in [-0.15, -0.1) is 11.3 Å². The quantitative estimate of drug-likeness (QED) is 0.0330. The van der Waals surface area contributed by atoms with Crippen molar-refractivity contribution >= 4 is 78.0 Å². The highest BCUT2D eigenvalue weighted by molar-refractivity contribution is 7.92. The van der Waals surface area contributed by atoms with Crippen LogP contribution >= 0.6 is 11.3 Å². The Hall–Kier alpha value is -4.97. The lowest BCUT2D eigenvalue weighted by Crippen LogP contribution is -2.51. The van der Waals surface area contributed by atoms with Gasteiger partial charge in [0.1, 0.15) is 5.01 Å². The predicted octanol–water partition coefficient (Wildman–Crippen LogP) is 22.7. The number of thiazole rings is 1. The lowest BCUT2D eigenvalue weighted by molar-refractivity contribution is -0.0605. The maximum absolute atomic E-state index is 12.2. The maximum Gasteiger partial charge on any atom is 0.152 e. The van der Waals surface area contributed by atoms with Crippen LogP contribution in [0.2, 0.25) is 0 Å². The zero-order chi connectivity index (χ0) is 89.6. The van der Waals surface area contributed by atoms with Crippen molar-refractivity contribution in [3.63, 3.8) is 0 Å². The van der Waals surface area contributed by atoms with Crippen molar-refractivity contribution < 1.29 is 52.6 Å². The van der Waals surface area contributed by atoms with Crippen molar-refractivity contribution in [1.82, 2.24) is 4.98 Å². The number of fused-ring (bicyclic) bond motifs is 1. The van der Waals surface area contributed by atoms with Crippen LogP contribution < -0.4 is 14.7 Å². The number of benzene rings is 5. The molecule has 6 aromatic rings. The summed E-state index contributed by atoms with van der Waals surface area (Å²) in [6.45, 7) is 39.7. The molecular weight excluding hydrogens is 1650 g/mol. The summed E-state index contributed by atoms with van der Waals surface area (Å²) in [5.74, 6) is 6.48. The van der Waals surface area contributed by atoms with E-state index in [9.17, 15) is 33.7 Å². The molecule has 1 atom stereocenters. The first-order chi connectivity index (χ1) is 59.2. The molecule has 21 heteroatoms. The Bertz CT molecular complexity index is 4510. The topological polar surface area (TPSA) is 196 Å². The van der Waals surface area contributed by atoms with Crippen LogP contribution in [0.3, 0.4) is 0 Å². The fourth-order valence-corrected chi connectivity index (χ4v) is 25.5. The second kappa shape index (κ2) is 50.4. The summed E-state index contributed by atoms with van der Waals surface area (Å²) in [6, 6.07) is 42.5. The van der Waals surface area contributed by atoms with Crippen molar-refractivity contribution in [2.75, 3.05) is 117 Å². The highest BCUT2D eigenvalue weighted by atomic mass is 32.2. The average molecular weight is 1810 g/mol. The van der Waals surface area contributed by atoms with Crippen molar-refractivity contribution in [2.24, 2.45) is 53.3 Å². The number of aromatic nitrogens is 1. The smallest absolute Gasteiger partial charge is 0.152 e. The number of rotatable bonds is 39. The molecule has 3 heterocycles. The normalized spacial score (nSPS) is 22.3. The van der Waals surface area contributed by atoms with Crippen LogP contribution in [0.4, 0.5) is 17.1 Å². The molecule has 12 rings (SSSR count). The Balaban J connectivity index is 0.000000187. The lowest BCUT2D eigenvalue weighted by atomic mass is 9.80. The monoisotopic (exact) mass is 1810 g/mol. The molecule has 0 amide bonds. The van der Waals surface area contributed by atoms with Gasteiger partial charge in [0.15, 0.2) is 39.3 Å². The Morgan fingerprint density at radius 3 is 1.15 bits per heavy atom. The number of hydrogen-bond donors (Lipinski definition) is 0. The van der Waals surface area contributed by atoms with Gasteiger partial charge in [-0.3, -0.25) is 0 Å². The number of nitrogens with zero attached hydrogens (tertiary/aromatic N) is 4. The molecule has 6 fully saturated rings. The maximum atomic E-state index is 12.2. The van der Waals surface area contributed by atoms with Gasteiger partial charge in [0.2, 0.25) is 0 Å². The molecule has 16 nitrogen and oxygen atoms in total. The SMILES string of the molecule is CC(C)[C@@H]1CN(c2ccc(CCC3CCC(CS(=O)(=O)C(C)C)CC3)cc2)CCO1.CCC1(CC)CN(c2ccc(CCC3CCC(CS(=O)(=O)C(C)C)CC3)cc2)CCO1.CCOCCN(CCOCC)c1ccc(CCC2CCC(CS(=O)(=O)C(C)C)CC2)cc1.Cc1ccc2nc(-c3ccc(CCC4CCC(CS(=O)(=O)C(C)C)CC4)cc3)sc2c1. The van der Waals surface area contributed by atoms with Crippen LogP contribution in [0.5, 0.6) is 0 Å². The first kappa shape index (κ1) is 103. The minimum absolute atomic E-state index is 0.00423. The molecule has 4 aliphatic carbocycles. The molecule has 124 heavy (non-hydrogen) atoms. The molecule has 1 aromatic heterocycles. The van der Waals surface area contributed by atoms with E-state index in [1.165, 1.54) is 132 Å². The highest BCUT2D eigenvalue weighted by Gasteiger charge is 2.36. The lowest BCUT2D eigenvalue weighted by Gasteiger charge is -2.43. The molecule has 0 unspecified atom stereocenters. The summed E-state index contributed by atoms with van der Waals surface area (Å²) in [7, 11) is -11.6. The molecule has 696 valence electrons. The van der Waals surface area contributed by atoms with E-state index in [1.807, 2.05) is 13.8 Å². The fourth-order valence-electron chi connectivity index (χ4n) is 19.0. The van der Waals surface area contributed by atoms with E-state index >= 15 is 0 Å². The van der Waals surface area contributed by atoms with Crippen molar-refractivity contribution in [1.29, 1.82) is 0 Å². The van der Waals surface area contributed by atoms with Crippen LogP contribution in [0.15, 0.2) is 115 Å². The van der Waals surface area contributed by atoms with Gasteiger partial charge in [-0.25, -0.2) is 38.7 Å². The summed E-state index contributed by atoms with van der Waals surface area (Å²) in [4.78, 5) is 12.1. The van der Waals surface area contributed by atoms with Crippen molar-refractivity contribution in [2.45, 2.75) is 304 Å². The van der Waals surface area contributed by atoms with Gasteiger partial charge < -0.3 is 33.6 Å². The summed E-state index contributed by atoms with van der Waals surface area (Å²) in [6.07, 6.45) is 29.6. The van der Waals surface area contributed by atoms with Crippen LogP contribution in [-0.2, 0) is 84.0 Å². The largest absolute Gasteiger partial charge is 0.380 e. The predicted molar refractivity (Wildman–Crippen MR) is 523 cm³/mol. The van der Waals surface area contributed by atoms with Gasteiger partial charge in [-0.1, -0.05) is 146 Å². The van der Waals surface area contributed by atoms with Crippen LogP contribution in [0.25, 0.3) is 20.8 Å². The standard InChI is InChI=1S/C26H45NO4S.C26H43NO3S.C26H33NO2S2.C25H41NO3S/c1-5-30-19-17-27(18-20-31-6-2)26-15-13-24(14-16-26)8-7-23-9-11-25(12-10-23)21-32(28,29)22(3)4;1-5-26(6-2)20-27(17-18-30-26)25-15-13-23(14-16-25)8-7-22-9-11-24(12-10-22)19-31(28,29)21(3)4;1-18(2)31(28,29)17-22-9-7-20(8-10-22)5-6-21-11-13-23(14-12-21)26-27-24-15-4-19(3)16-25(24)30-26;1-19(2)25-17-26(15-16-29-25)24-13-11-22(12-14-24)6-5-21-7-9-23(10-8-21)18-30(27,28)20(3)4/h13-16,22-23,25H,5-12,17-21H2,1-4H3;13-16,21-22,24H,5-12,17-20H2,1-4H3;4,11-16,18,20,22H,5-10,17H2,1-3H3;11-14,19-21,23,25H,5-10,15-18H2,1-4H3/t;;;21?,23?,25-/m...0/s1. The van der Waals surface area contributed by atoms with Crippen LogP contribution in [0.1, 0.15) is 266 Å². The van der Waals surface area contributed by atoms with Crippen molar-refractivity contribution in [3.8, 4) is 10.6 Å². The Morgan fingerprint density at radius 2 is 0.790 bits per heavy atom. The Labute approximate surface area is 757 Å². The van der Waals surface area contributed by atoms with E-state index in [2.05, 4.69) is 165 Å². The van der Waals surface area contributed by atoms with Crippen molar-refractivity contribution in [3.05, 3.63) is 143 Å². The van der Waals surface area contributed by atoms with E-state index in [0.717, 1.165) is 203 Å². The third-order valence-corrected chi connectivity index (χ3v) is 39.0. The van der Waals surface area contributed by atoms with Gasteiger partial charge in [0.05, 0.1) is 92.4 Å². The number of morpholine rings is 2. The zero-order valence-corrected chi connectivity index (χ0v) is 83.1. The minimum atomic E-state index is -2.92. The number of sulfone groups is 4. The number of anilines is 3. The molecule has 5 aromatic carbocycles. The van der Waals surface area contributed by atoms with Gasteiger partial charge in [-0.05, 0) is 321 Å². The van der Waals surface area contributed by atoms with E-state index in [4.69, 9.17) is 23.9 Å². The van der Waals surface area contributed by atoms with Crippen LogP contribution in [-0.4, -0.2) is 173 Å². The van der Waals surface area contributed by atoms with E-state index < -0.39 is 39.3 Å². The molecule has 0 spiro atoms.